The van der Waals surface area contributed by atoms with Crippen LogP contribution in [0.2, 0.25) is 0 Å². The van der Waals surface area contributed by atoms with Gasteiger partial charge in [-0.15, -0.1) is 0 Å². The molecule has 0 saturated carbocycles. The molecule has 3 heterocycles. The van der Waals surface area contributed by atoms with Crippen molar-refractivity contribution in [2.75, 3.05) is 37.3 Å². The molecule has 13 heteroatoms. The van der Waals surface area contributed by atoms with Gasteiger partial charge in [0.05, 0.1) is 17.0 Å². The molecule has 2 aliphatic rings. The molecule has 1 aliphatic carbocycles. The second kappa shape index (κ2) is 10.5. The number of carbonyl (C=O) groups excluding carboxylic acids is 1. The van der Waals surface area contributed by atoms with Gasteiger partial charge >= 0.3 is 12.3 Å². The molecule has 0 bridgehead atoms. The van der Waals surface area contributed by atoms with E-state index in [2.05, 4.69) is 15.0 Å². The van der Waals surface area contributed by atoms with Crippen molar-refractivity contribution in [3.05, 3.63) is 39.8 Å². The number of alkyl halides is 3. The third kappa shape index (κ3) is 6.34. The lowest BCUT2D eigenvalue weighted by Gasteiger charge is -2.39. The number of piperazine rings is 1. The molecule has 9 nitrogen and oxygen atoms in total. The lowest BCUT2D eigenvalue weighted by atomic mass is 9.75. The number of aryl methyl sites for hydroxylation is 2. The largest absolute Gasteiger partial charge is 0.444 e. The molecule has 1 saturated heterocycles. The maximum Gasteiger partial charge on any atom is 0.418 e. The highest BCUT2D eigenvalue weighted by Crippen LogP contribution is 2.44. The first-order valence-electron chi connectivity index (χ1n) is 13.2. The van der Waals surface area contributed by atoms with Gasteiger partial charge in [0.15, 0.2) is 0 Å². The monoisotopic (exact) mass is 583 g/mol. The molecular formula is C27H36F3N5O4S. The number of fused-ring (bicyclic) bond motifs is 1. The number of anilines is 1. The molecule has 40 heavy (non-hydrogen) atoms. The molecule has 0 aromatic carbocycles. The number of hydrogen-bond donors (Lipinski definition) is 0. The fourth-order valence-corrected chi connectivity index (χ4v) is 6.00. The van der Waals surface area contributed by atoms with Crippen molar-refractivity contribution in [2.24, 2.45) is 5.92 Å². The van der Waals surface area contributed by atoms with Gasteiger partial charge in [0.1, 0.15) is 11.4 Å². The fraction of sp³-hybridized carbons (Fsp3) is 0.630. The minimum atomic E-state index is -4.58. The van der Waals surface area contributed by atoms with Crippen molar-refractivity contribution >= 4 is 21.7 Å². The predicted octanol–water partition coefficient (Wildman–Crippen LogP) is 4.49. The molecule has 0 radical (unpaired) electrons. The first-order valence-corrected chi connectivity index (χ1v) is 15.1. The summed E-state index contributed by atoms with van der Waals surface area (Å²) in [5.41, 5.74) is 0.326. The maximum atomic E-state index is 14.1. The average molecular weight is 584 g/mol. The van der Waals surface area contributed by atoms with Gasteiger partial charge in [-0.3, -0.25) is 4.98 Å². The minimum absolute atomic E-state index is 0.0322. The number of pyridine rings is 1. The Hall–Kier alpha value is -2.96. The fourth-order valence-electron chi connectivity index (χ4n) is 5.47. The van der Waals surface area contributed by atoms with Crippen LogP contribution in [0.5, 0.6) is 0 Å². The Bertz CT molecular complexity index is 1410. The number of ether oxygens (including phenoxy) is 1. The molecule has 2 atom stereocenters. The van der Waals surface area contributed by atoms with E-state index in [1.54, 1.807) is 32.6 Å². The van der Waals surface area contributed by atoms with Crippen LogP contribution in [0, 0.1) is 19.8 Å². The molecular weight excluding hydrogens is 547 g/mol. The second-order valence-electron chi connectivity index (χ2n) is 11.8. The molecule has 2 unspecified atom stereocenters. The number of rotatable bonds is 3. The molecule has 0 N–H and O–H groups in total. The molecule has 2 aromatic heterocycles. The summed E-state index contributed by atoms with van der Waals surface area (Å²) in [6, 6.07) is 1.42. The van der Waals surface area contributed by atoms with Crippen LogP contribution in [0.4, 0.5) is 23.8 Å². The third-order valence-electron chi connectivity index (χ3n) is 7.25. The van der Waals surface area contributed by atoms with Crippen LogP contribution in [0.15, 0.2) is 11.2 Å². The number of sulfone groups is 1. The molecule has 1 fully saturated rings. The lowest BCUT2D eigenvalue weighted by Crippen LogP contribution is -2.50. The van der Waals surface area contributed by atoms with Crippen molar-refractivity contribution in [1.29, 1.82) is 0 Å². The number of carbonyl (C=O) groups is 1. The van der Waals surface area contributed by atoms with Gasteiger partial charge in [-0.25, -0.2) is 23.2 Å². The van der Waals surface area contributed by atoms with Gasteiger partial charge in [-0.2, -0.15) is 13.2 Å². The van der Waals surface area contributed by atoms with Crippen LogP contribution < -0.4 is 4.90 Å². The van der Waals surface area contributed by atoms with Crippen LogP contribution >= 0.6 is 0 Å². The standard InChI is InChI=1S/C27H36F3N5O4S/c1-15-13-19-20(14-18(15)22-21(27(28,29)30)16(2)12-17(3)31-22)32-24(40(7,37)38)33-23(19)34-8-10-35(11-9-34)25(36)39-26(4,5)6/h12,15,18H,8-11,13-14H2,1-7H3. The zero-order chi connectivity index (χ0) is 29.8. The Morgan fingerprint density at radius 2 is 1.65 bits per heavy atom. The summed E-state index contributed by atoms with van der Waals surface area (Å²) in [5, 5.41) is -0.367. The summed E-state index contributed by atoms with van der Waals surface area (Å²) in [6.45, 7) is 11.8. The van der Waals surface area contributed by atoms with Crippen LogP contribution in [0.1, 0.15) is 67.4 Å². The summed E-state index contributed by atoms with van der Waals surface area (Å²) in [7, 11) is -3.81. The zero-order valence-corrected chi connectivity index (χ0v) is 24.7. The van der Waals surface area contributed by atoms with Gasteiger partial charge < -0.3 is 14.5 Å². The van der Waals surface area contributed by atoms with Crippen molar-refractivity contribution in [1.82, 2.24) is 19.9 Å². The molecule has 1 amide bonds. The number of hydrogen-bond acceptors (Lipinski definition) is 8. The van der Waals surface area contributed by atoms with Crippen LogP contribution in [-0.2, 0) is 33.6 Å². The summed E-state index contributed by atoms with van der Waals surface area (Å²) >= 11 is 0. The molecule has 2 aromatic rings. The normalized spacial score (nSPS) is 20.4. The van der Waals surface area contributed by atoms with E-state index in [0.717, 1.165) is 11.8 Å². The highest BCUT2D eigenvalue weighted by molar-refractivity contribution is 7.90. The third-order valence-corrected chi connectivity index (χ3v) is 8.09. The van der Waals surface area contributed by atoms with Crippen molar-refractivity contribution < 1.29 is 31.1 Å². The molecule has 220 valence electrons. The van der Waals surface area contributed by atoms with Crippen LogP contribution in [-0.4, -0.2) is 72.4 Å². The van der Waals surface area contributed by atoms with Gasteiger partial charge in [0.25, 0.3) is 0 Å². The Kier molecular flexibility index (Phi) is 7.85. The quantitative estimate of drug-likeness (QED) is 0.487. The number of halogens is 3. The highest BCUT2D eigenvalue weighted by Gasteiger charge is 2.42. The highest BCUT2D eigenvalue weighted by atomic mass is 32.2. The van der Waals surface area contributed by atoms with Gasteiger partial charge in [-0.05, 0) is 65.0 Å². The Balaban J connectivity index is 1.71. The van der Waals surface area contributed by atoms with Gasteiger partial charge in [-0.1, -0.05) is 6.92 Å². The molecule has 1 aliphatic heterocycles. The number of aromatic nitrogens is 3. The lowest BCUT2D eigenvalue weighted by molar-refractivity contribution is -0.139. The summed E-state index contributed by atoms with van der Waals surface area (Å²) in [4.78, 5) is 29.2. The summed E-state index contributed by atoms with van der Waals surface area (Å²) in [6.07, 6.45) is -3.53. The first-order chi connectivity index (χ1) is 18.3. The summed E-state index contributed by atoms with van der Waals surface area (Å²) in [5.74, 6) is -0.400. The van der Waals surface area contributed by atoms with E-state index in [-0.39, 0.29) is 28.8 Å². The van der Waals surface area contributed by atoms with E-state index in [4.69, 9.17) is 4.74 Å². The maximum absolute atomic E-state index is 14.1. The van der Waals surface area contributed by atoms with Crippen LogP contribution in [0.25, 0.3) is 0 Å². The molecule has 0 spiro atoms. The van der Waals surface area contributed by atoms with E-state index in [1.165, 1.54) is 13.0 Å². The summed E-state index contributed by atoms with van der Waals surface area (Å²) < 4.78 is 73.0. The first kappa shape index (κ1) is 30.0. The van der Waals surface area contributed by atoms with E-state index in [0.29, 0.717) is 49.8 Å². The van der Waals surface area contributed by atoms with E-state index >= 15 is 0 Å². The SMILES string of the molecule is Cc1cc(C)c(C(F)(F)F)c(C2Cc3nc(S(C)(=O)=O)nc(N4CCN(C(=O)OC(C)(C)C)CC4)c3CC2C)n1. The van der Waals surface area contributed by atoms with Crippen LogP contribution in [0.3, 0.4) is 0 Å². The Morgan fingerprint density at radius 1 is 1.02 bits per heavy atom. The topological polar surface area (TPSA) is 106 Å². The van der Waals surface area contributed by atoms with Crippen molar-refractivity contribution in [2.45, 2.75) is 77.2 Å². The average Bonchev–Trinajstić information content (AvgIpc) is 2.80. The van der Waals surface area contributed by atoms with Gasteiger partial charge in [0, 0.05) is 49.6 Å². The molecule has 4 rings (SSSR count). The number of nitrogens with zero attached hydrogens (tertiary/aromatic N) is 5. The predicted molar refractivity (Wildman–Crippen MR) is 143 cm³/mol. The zero-order valence-electron chi connectivity index (χ0n) is 23.9. The second-order valence-corrected chi connectivity index (χ2v) is 13.7. The smallest absolute Gasteiger partial charge is 0.418 e. The van der Waals surface area contributed by atoms with Crippen molar-refractivity contribution in [3.8, 4) is 0 Å². The van der Waals surface area contributed by atoms with E-state index < -0.39 is 39.2 Å². The minimum Gasteiger partial charge on any atom is -0.444 e. The van der Waals surface area contributed by atoms with E-state index in [9.17, 15) is 26.4 Å². The Labute approximate surface area is 233 Å². The van der Waals surface area contributed by atoms with E-state index in [1.807, 2.05) is 11.8 Å². The van der Waals surface area contributed by atoms with Gasteiger partial charge in [0.2, 0.25) is 15.0 Å². The number of amides is 1. The Morgan fingerprint density at radius 3 is 2.20 bits per heavy atom. The van der Waals surface area contributed by atoms with Crippen molar-refractivity contribution in [3.63, 3.8) is 0 Å².